The van der Waals surface area contributed by atoms with Gasteiger partial charge < -0.3 is 10.2 Å². The molecule has 2 aromatic rings. The number of hydrogen-bond acceptors (Lipinski definition) is 3. The molecule has 1 atom stereocenters. The van der Waals surface area contributed by atoms with Gasteiger partial charge in [-0.15, -0.1) is 11.8 Å². The molecule has 1 heterocycles. The van der Waals surface area contributed by atoms with Crippen molar-refractivity contribution in [1.29, 1.82) is 0 Å². The third kappa shape index (κ3) is 5.08. The topological polar surface area (TPSA) is 32.3 Å². The van der Waals surface area contributed by atoms with E-state index in [-0.39, 0.29) is 10.8 Å². The van der Waals surface area contributed by atoms with Crippen molar-refractivity contribution in [3.8, 4) is 0 Å². The molecule has 1 fully saturated rings. The van der Waals surface area contributed by atoms with Gasteiger partial charge in [0.1, 0.15) is 16.9 Å². The first kappa shape index (κ1) is 19.8. The number of nitrogens with one attached hydrogen (secondary N) is 1. The Bertz CT molecular complexity index is 764. The number of nitrogens with zero attached hydrogens (tertiary/aromatic N) is 1. The Labute approximate surface area is 163 Å². The standard InChI is InChI=1S/C21H24F2N2OS/c1-24-14-15-9-11-25(12-10-15)21(26)20(16-5-3-2-4-6-16)27-19-13-17(22)7-8-18(19)23/h2-8,13,15,20,24H,9-12,14H2,1H3. The fourth-order valence-electron chi connectivity index (χ4n) is 3.40. The van der Waals surface area contributed by atoms with E-state index in [1.54, 1.807) is 0 Å². The lowest BCUT2D eigenvalue weighted by molar-refractivity contribution is -0.132. The Morgan fingerprint density at radius 3 is 2.56 bits per heavy atom. The molecule has 1 unspecified atom stereocenters. The van der Waals surface area contributed by atoms with Crippen LogP contribution < -0.4 is 5.32 Å². The van der Waals surface area contributed by atoms with E-state index >= 15 is 0 Å². The van der Waals surface area contributed by atoms with E-state index in [2.05, 4.69) is 5.32 Å². The minimum Gasteiger partial charge on any atom is -0.341 e. The molecular weight excluding hydrogens is 366 g/mol. The molecule has 1 aliphatic rings. The summed E-state index contributed by atoms with van der Waals surface area (Å²) in [4.78, 5) is 15.2. The molecule has 3 nitrogen and oxygen atoms in total. The van der Waals surface area contributed by atoms with Gasteiger partial charge in [-0.1, -0.05) is 30.3 Å². The predicted octanol–water partition coefficient (Wildman–Crippen LogP) is 4.26. The van der Waals surface area contributed by atoms with Crippen LogP contribution in [-0.4, -0.2) is 37.5 Å². The van der Waals surface area contributed by atoms with Crippen molar-refractivity contribution in [2.75, 3.05) is 26.7 Å². The zero-order valence-electron chi connectivity index (χ0n) is 15.3. The normalized spacial score (nSPS) is 16.3. The van der Waals surface area contributed by atoms with E-state index in [0.717, 1.165) is 54.9 Å². The molecule has 27 heavy (non-hydrogen) atoms. The van der Waals surface area contributed by atoms with Gasteiger partial charge in [0.05, 0.1) is 0 Å². The molecule has 0 saturated carbocycles. The summed E-state index contributed by atoms with van der Waals surface area (Å²) in [5, 5.41) is 2.60. The van der Waals surface area contributed by atoms with Crippen LogP contribution in [0.1, 0.15) is 23.7 Å². The van der Waals surface area contributed by atoms with Gasteiger partial charge in [-0.05, 0) is 56.1 Å². The summed E-state index contributed by atoms with van der Waals surface area (Å²) in [6.45, 7) is 2.34. The molecule has 0 radical (unpaired) electrons. The maximum Gasteiger partial charge on any atom is 0.240 e. The molecular formula is C21H24F2N2OS. The number of carbonyl (C=O) groups is 1. The van der Waals surface area contributed by atoms with Crippen molar-refractivity contribution in [2.24, 2.45) is 5.92 Å². The quantitative estimate of drug-likeness (QED) is 0.748. The fourth-order valence-corrected chi connectivity index (χ4v) is 4.55. The van der Waals surface area contributed by atoms with E-state index in [4.69, 9.17) is 0 Å². The van der Waals surface area contributed by atoms with Crippen molar-refractivity contribution >= 4 is 17.7 Å². The molecule has 0 aromatic heterocycles. The molecule has 0 bridgehead atoms. The summed E-state index contributed by atoms with van der Waals surface area (Å²) in [6.07, 6.45) is 1.90. The largest absolute Gasteiger partial charge is 0.341 e. The predicted molar refractivity (Wildman–Crippen MR) is 105 cm³/mol. The van der Waals surface area contributed by atoms with Crippen LogP contribution in [0.3, 0.4) is 0 Å². The number of thioether (sulfide) groups is 1. The number of likely N-dealkylation sites (tertiary alicyclic amines) is 1. The number of carbonyl (C=O) groups excluding carboxylic acids is 1. The Balaban J connectivity index is 1.80. The monoisotopic (exact) mass is 390 g/mol. The van der Waals surface area contributed by atoms with Crippen molar-refractivity contribution in [3.63, 3.8) is 0 Å². The number of hydrogen-bond donors (Lipinski definition) is 1. The van der Waals surface area contributed by atoms with Crippen LogP contribution in [0.2, 0.25) is 0 Å². The molecule has 6 heteroatoms. The Morgan fingerprint density at radius 1 is 1.19 bits per heavy atom. The van der Waals surface area contributed by atoms with Crippen molar-refractivity contribution in [1.82, 2.24) is 10.2 Å². The molecule has 1 saturated heterocycles. The first-order valence-electron chi connectivity index (χ1n) is 9.18. The van der Waals surface area contributed by atoms with Crippen LogP contribution in [0, 0.1) is 17.6 Å². The SMILES string of the molecule is CNCC1CCN(C(=O)C(Sc2cc(F)ccc2F)c2ccccc2)CC1. The van der Waals surface area contributed by atoms with E-state index < -0.39 is 16.9 Å². The highest BCUT2D eigenvalue weighted by molar-refractivity contribution is 8.00. The van der Waals surface area contributed by atoms with Gasteiger partial charge in [-0.25, -0.2) is 8.78 Å². The molecule has 0 aliphatic carbocycles. The molecule has 2 aromatic carbocycles. The third-order valence-corrected chi connectivity index (χ3v) is 6.16. The highest BCUT2D eigenvalue weighted by atomic mass is 32.2. The van der Waals surface area contributed by atoms with Crippen molar-refractivity contribution in [2.45, 2.75) is 23.0 Å². The van der Waals surface area contributed by atoms with Gasteiger partial charge in [-0.2, -0.15) is 0 Å². The summed E-state index contributed by atoms with van der Waals surface area (Å²) in [7, 11) is 1.94. The number of halogens is 2. The van der Waals surface area contributed by atoms with Crippen LogP contribution in [-0.2, 0) is 4.79 Å². The van der Waals surface area contributed by atoms with Gasteiger partial charge in [0.2, 0.25) is 5.91 Å². The van der Waals surface area contributed by atoms with E-state index in [9.17, 15) is 13.6 Å². The third-order valence-electron chi connectivity index (χ3n) is 4.88. The fraction of sp³-hybridized carbons (Fsp3) is 0.381. The Morgan fingerprint density at radius 2 is 1.89 bits per heavy atom. The number of amides is 1. The number of piperidine rings is 1. The lowest BCUT2D eigenvalue weighted by Crippen LogP contribution is -2.42. The van der Waals surface area contributed by atoms with Gasteiger partial charge >= 0.3 is 0 Å². The number of benzene rings is 2. The summed E-state index contributed by atoms with van der Waals surface area (Å²) in [5.41, 5.74) is 0.800. The average Bonchev–Trinajstić information content (AvgIpc) is 2.69. The molecule has 1 aliphatic heterocycles. The second kappa shape index (κ2) is 9.33. The number of rotatable bonds is 6. The maximum atomic E-state index is 14.2. The minimum atomic E-state index is -0.594. The second-order valence-corrected chi connectivity index (χ2v) is 7.96. The molecule has 1 amide bonds. The second-order valence-electron chi connectivity index (χ2n) is 6.81. The molecule has 3 rings (SSSR count). The Kier molecular flexibility index (Phi) is 6.85. The van der Waals surface area contributed by atoms with Crippen LogP contribution in [0.25, 0.3) is 0 Å². The zero-order valence-corrected chi connectivity index (χ0v) is 16.1. The van der Waals surface area contributed by atoms with Gasteiger partial charge in [-0.3, -0.25) is 4.79 Å². The smallest absolute Gasteiger partial charge is 0.240 e. The van der Waals surface area contributed by atoms with Crippen LogP contribution in [0.15, 0.2) is 53.4 Å². The highest BCUT2D eigenvalue weighted by Crippen LogP contribution is 2.39. The Hall–Kier alpha value is -1.92. The van der Waals surface area contributed by atoms with Crippen LogP contribution in [0.4, 0.5) is 8.78 Å². The van der Waals surface area contributed by atoms with Gasteiger partial charge in [0, 0.05) is 18.0 Å². The molecule has 0 spiro atoms. The van der Waals surface area contributed by atoms with Crippen LogP contribution >= 0.6 is 11.8 Å². The average molecular weight is 390 g/mol. The first-order chi connectivity index (χ1) is 13.1. The van der Waals surface area contributed by atoms with Gasteiger partial charge in [0.15, 0.2) is 0 Å². The highest BCUT2D eigenvalue weighted by Gasteiger charge is 2.30. The zero-order chi connectivity index (χ0) is 19.2. The van der Waals surface area contributed by atoms with E-state index in [0.29, 0.717) is 19.0 Å². The molecule has 1 N–H and O–H groups in total. The van der Waals surface area contributed by atoms with Crippen LogP contribution in [0.5, 0.6) is 0 Å². The summed E-state index contributed by atoms with van der Waals surface area (Å²) in [6, 6.07) is 12.7. The lowest BCUT2D eigenvalue weighted by Gasteiger charge is -2.34. The molecule has 144 valence electrons. The first-order valence-corrected chi connectivity index (χ1v) is 10.1. The summed E-state index contributed by atoms with van der Waals surface area (Å²) < 4.78 is 27.8. The summed E-state index contributed by atoms with van der Waals surface area (Å²) in [5.74, 6) is -0.491. The minimum absolute atomic E-state index is 0.0437. The van der Waals surface area contributed by atoms with E-state index in [1.165, 1.54) is 0 Å². The lowest BCUT2D eigenvalue weighted by atomic mass is 9.96. The summed E-state index contributed by atoms with van der Waals surface area (Å²) >= 11 is 1.08. The van der Waals surface area contributed by atoms with Crippen molar-refractivity contribution in [3.05, 3.63) is 65.7 Å². The van der Waals surface area contributed by atoms with Crippen molar-refractivity contribution < 1.29 is 13.6 Å². The maximum absolute atomic E-state index is 14.2. The van der Waals surface area contributed by atoms with Gasteiger partial charge in [0.25, 0.3) is 0 Å². The van der Waals surface area contributed by atoms with E-state index in [1.807, 2.05) is 42.3 Å².